The highest BCUT2D eigenvalue weighted by molar-refractivity contribution is 6.17. The van der Waals surface area contributed by atoms with Crippen molar-refractivity contribution in [3.05, 3.63) is 11.5 Å². The normalized spacial score (nSPS) is 14.9. The van der Waals surface area contributed by atoms with Gasteiger partial charge in [0.2, 0.25) is 0 Å². The van der Waals surface area contributed by atoms with E-state index in [4.69, 9.17) is 0 Å². The van der Waals surface area contributed by atoms with Gasteiger partial charge < -0.3 is 4.79 Å². The molecule has 1 atom stereocenters. The Bertz CT molecular complexity index is 149. The molecular weight excluding hydrogens is 123 g/mol. The third-order valence-electron chi connectivity index (χ3n) is 1.83. The van der Waals surface area contributed by atoms with Crippen LogP contribution in [0.1, 0.15) is 27.2 Å². The van der Waals surface area contributed by atoms with Crippen LogP contribution < -0.4 is 0 Å². The van der Waals surface area contributed by atoms with E-state index in [1.54, 1.807) is 6.92 Å². The minimum Gasteiger partial charge on any atom is -0.300 e. The van der Waals surface area contributed by atoms with Crippen LogP contribution in [-0.4, -0.2) is 13.6 Å². The summed E-state index contributed by atoms with van der Waals surface area (Å²) in [5.41, 5.74) is 1.30. The zero-order valence-corrected chi connectivity index (χ0v) is 7.27. The Balaban J connectivity index is 3.85. The molecule has 0 aliphatic heterocycles. The van der Waals surface area contributed by atoms with Gasteiger partial charge in [0.05, 0.1) is 0 Å². The van der Waals surface area contributed by atoms with Gasteiger partial charge in [-0.1, -0.05) is 12.5 Å². The van der Waals surface area contributed by atoms with E-state index in [0.717, 1.165) is 0 Å². The second kappa shape index (κ2) is 4.32. The van der Waals surface area contributed by atoms with Crippen molar-refractivity contribution in [3.8, 4) is 0 Å². The SMILES string of the molecule is B/C=C(\C)C(C)CC(C)=O. The van der Waals surface area contributed by atoms with E-state index >= 15 is 0 Å². The Labute approximate surface area is 63.9 Å². The summed E-state index contributed by atoms with van der Waals surface area (Å²) in [5.74, 6) is 2.75. The third-order valence-corrected chi connectivity index (χ3v) is 1.83. The smallest absolute Gasteiger partial charge is 0.130 e. The summed E-state index contributed by atoms with van der Waals surface area (Å²) >= 11 is 0. The number of allylic oxidation sites excluding steroid dienone is 1. The quantitative estimate of drug-likeness (QED) is 0.534. The molecule has 0 aliphatic rings. The highest BCUT2D eigenvalue weighted by Crippen LogP contribution is 2.12. The maximum absolute atomic E-state index is 10.6. The van der Waals surface area contributed by atoms with Crippen molar-refractivity contribution in [2.24, 2.45) is 5.92 Å². The van der Waals surface area contributed by atoms with Crippen molar-refractivity contribution in [3.63, 3.8) is 0 Å². The first-order valence-electron chi connectivity index (χ1n) is 3.70. The van der Waals surface area contributed by atoms with Gasteiger partial charge in [-0.3, -0.25) is 0 Å². The van der Waals surface area contributed by atoms with Crippen LogP contribution in [-0.2, 0) is 4.79 Å². The standard InChI is InChI=1S/C8H15BO/c1-6(4-8(3)10)7(2)5-9/h5-6H,4,9H2,1-3H3/b7-5+. The first kappa shape index (κ1) is 9.47. The van der Waals surface area contributed by atoms with E-state index in [-0.39, 0.29) is 5.78 Å². The predicted octanol–water partition coefficient (Wildman–Crippen LogP) is 1.14. The molecule has 1 unspecified atom stereocenters. The van der Waals surface area contributed by atoms with E-state index in [1.807, 2.05) is 7.85 Å². The minimum absolute atomic E-state index is 0.272. The Morgan fingerprint density at radius 1 is 1.60 bits per heavy atom. The number of Topliss-reactive ketones (excluding diaryl/α,β-unsaturated/α-hetero) is 1. The summed E-state index contributed by atoms with van der Waals surface area (Å²) in [4.78, 5) is 10.6. The van der Waals surface area contributed by atoms with E-state index in [9.17, 15) is 4.79 Å². The highest BCUT2D eigenvalue weighted by Gasteiger charge is 2.04. The first-order chi connectivity index (χ1) is 4.57. The van der Waals surface area contributed by atoms with E-state index in [1.165, 1.54) is 5.57 Å². The molecule has 0 fully saturated rings. The van der Waals surface area contributed by atoms with Gasteiger partial charge in [-0.2, -0.15) is 0 Å². The van der Waals surface area contributed by atoms with Crippen LogP contribution in [0.4, 0.5) is 0 Å². The van der Waals surface area contributed by atoms with E-state index < -0.39 is 0 Å². The van der Waals surface area contributed by atoms with Gasteiger partial charge in [-0.25, -0.2) is 0 Å². The molecular formula is C8H15BO. The maximum Gasteiger partial charge on any atom is 0.130 e. The van der Waals surface area contributed by atoms with Crippen LogP contribution in [0.3, 0.4) is 0 Å². The second-order valence-electron chi connectivity index (χ2n) is 2.84. The molecule has 0 aromatic heterocycles. The number of hydrogen-bond donors (Lipinski definition) is 0. The Morgan fingerprint density at radius 2 is 2.10 bits per heavy atom. The van der Waals surface area contributed by atoms with Crippen LogP contribution in [0, 0.1) is 5.92 Å². The molecule has 0 heterocycles. The minimum atomic E-state index is 0.272. The summed E-state index contributed by atoms with van der Waals surface area (Å²) in [6.45, 7) is 5.78. The fourth-order valence-electron chi connectivity index (χ4n) is 0.877. The van der Waals surface area contributed by atoms with Gasteiger partial charge >= 0.3 is 0 Å². The van der Waals surface area contributed by atoms with Crippen LogP contribution in [0.5, 0.6) is 0 Å². The molecule has 10 heavy (non-hydrogen) atoms. The van der Waals surface area contributed by atoms with Gasteiger partial charge in [0, 0.05) is 6.42 Å². The van der Waals surface area contributed by atoms with E-state index in [2.05, 4.69) is 19.8 Å². The van der Waals surface area contributed by atoms with Crippen molar-refractivity contribution in [1.29, 1.82) is 0 Å². The number of ketones is 1. The number of hydrogen-bond acceptors (Lipinski definition) is 1. The fraction of sp³-hybridized carbons (Fsp3) is 0.625. The molecule has 0 aliphatic carbocycles. The Kier molecular flexibility index (Phi) is 4.09. The van der Waals surface area contributed by atoms with Crippen molar-refractivity contribution in [2.45, 2.75) is 27.2 Å². The third kappa shape index (κ3) is 3.49. The molecule has 0 N–H and O–H groups in total. The summed E-state index contributed by atoms with van der Waals surface area (Å²) in [5, 5.41) is 0. The molecule has 2 heteroatoms. The lowest BCUT2D eigenvalue weighted by atomic mass is 9.92. The average molecular weight is 138 g/mol. The molecule has 56 valence electrons. The first-order valence-corrected chi connectivity index (χ1v) is 3.70. The summed E-state index contributed by atoms with van der Waals surface area (Å²) in [6.07, 6.45) is 0.677. The van der Waals surface area contributed by atoms with Gasteiger partial charge in [0.1, 0.15) is 13.6 Å². The summed E-state index contributed by atoms with van der Waals surface area (Å²) in [7, 11) is 2.01. The molecule has 0 saturated carbocycles. The molecule has 0 amide bonds. The molecule has 0 spiro atoms. The zero-order valence-electron chi connectivity index (χ0n) is 7.27. The van der Waals surface area contributed by atoms with Crippen molar-refractivity contribution >= 4 is 13.6 Å². The van der Waals surface area contributed by atoms with Gasteiger partial charge in [0.25, 0.3) is 0 Å². The topological polar surface area (TPSA) is 17.1 Å². The molecule has 1 nitrogen and oxygen atoms in total. The zero-order chi connectivity index (χ0) is 8.15. The molecule has 0 bridgehead atoms. The van der Waals surface area contributed by atoms with Crippen molar-refractivity contribution in [1.82, 2.24) is 0 Å². The lowest BCUT2D eigenvalue weighted by Crippen LogP contribution is -2.02. The molecule has 0 saturated heterocycles. The van der Waals surface area contributed by atoms with Gasteiger partial charge in [0.15, 0.2) is 0 Å². The van der Waals surface area contributed by atoms with Crippen LogP contribution in [0.25, 0.3) is 0 Å². The lowest BCUT2D eigenvalue weighted by molar-refractivity contribution is -0.117. The predicted molar refractivity (Wildman–Crippen MR) is 46.8 cm³/mol. The molecule has 0 radical (unpaired) electrons. The molecule has 0 rings (SSSR count). The Hall–Kier alpha value is -0.525. The van der Waals surface area contributed by atoms with Crippen LogP contribution in [0.2, 0.25) is 0 Å². The van der Waals surface area contributed by atoms with Gasteiger partial charge in [-0.05, 0) is 19.8 Å². The second-order valence-corrected chi connectivity index (χ2v) is 2.84. The summed E-state index contributed by atoms with van der Waals surface area (Å²) < 4.78 is 0. The average Bonchev–Trinajstić information content (AvgIpc) is 1.85. The van der Waals surface area contributed by atoms with Gasteiger partial charge in [-0.15, -0.1) is 5.98 Å². The number of rotatable bonds is 3. The van der Waals surface area contributed by atoms with Crippen LogP contribution >= 0.6 is 0 Å². The number of carbonyl (C=O) groups excluding carboxylic acids is 1. The van der Waals surface area contributed by atoms with Crippen molar-refractivity contribution in [2.75, 3.05) is 0 Å². The Morgan fingerprint density at radius 3 is 2.40 bits per heavy atom. The lowest BCUT2D eigenvalue weighted by Gasteiger charge is -2.08. The van der Waals surface area contributed by atoms with Crippen molar-refractivity contribution < 1.29 is 4.79 Å². The molecule has 0 aromatic carbocycles. The largest absolute Gasteiger partial charge is 0.300 e. The maximum atomic E-state index is 10.6. The molecule has 0 aromatic rings. The van der Waals surface area contributed by atoms with E-state index in [0.29, 0.717) is 12.3 Å². The fourth-order valence-corrected chi connectivity index (χ4v) is 0.877. The monoisotopic (exact) mass is 138 g/mol. The highest BCUT2D eigenvalue weighted by atomic mass is 16.1. The number of carbonyl (C=O) groups is 1. The van der Waals surface area contributed by atoms with Crippen LogP contribution in [0.15, 0.2) is 11.5 Å². The summed E-state index contributed by atoms with van der Waals surface area (Å²) in [6, 6.07) is 0.